The molecule has 0 bridgehead atoms. The van der Waals surface area contributed by atoms with Gasteiger partial charge in [0.2, 0.25) is 0 Å². The van der Waals surface area contributed by atoms with Gasteiger partial charge < -0.3 is 10.0 Å². The average molecular weight is 486 g/mol. The Morgan fingerprint density at radius 1 is 1.09 bits per heavy atom. The lowest BCUT2D eigenvalue weighted by Crippen LogP contribution is -2.50. The van der Waals surface area contributed by atoms with Crippen molar-refractivity contribution in [1.82, 2.24) is 4.90 Å². The van der Waals surface area contributed by atoms with Crippen molar-refractivity contribution in [2.45, 2.75) is 117 Å². The van der Waals surface area contributed by atoms with Crippen LogP contribution < -0.4 is 0 Å². The van der Waals surface area contributed by atoms with Gasteiger partial charge in [0, 0.05) is 19.4 Å². The molecule has 4 aliphatic carbocycles. The van der Waals surface area contributed by atoms with Gasteiger partial charge >= 0.3 is 0 Å². The molecule has 35 heavy (non-hydrogen) atoms. The van der Waals surface area contributed by atoms with Crippen molar-refractivity contribution in [3.05, 3.63) is 11.6 Å². The molecule has 1 unspecified atom stereocenters. The number of hydrogen-bond donors (Lipinski definition) is 1. The van der Waals surface area contributed by atoms with Crippen LogP contribution in [0.5, 0.6) is 0 Å². The summed E-state index contributed by atoms with van der Waals surface area (Å²) in [5, 5.41) is 10.3. The van der Waals surface area contributed by atoms with E-state index in [4.69, 9.17) is 0 Å². The van der Waals surface area contributed by atoms with Crippen LogP contribution in [0.1, 0.15) is 111 Å². The fourth-order valence-corrected chi connectivity index (χ4v) is 9.55. The Bertz CT molecular complexity index is 774. The number of carbonyl (C=O) groups is 1. The van der Waals surface area contributed by atoms with Crippen LogP contribution in [0, 0.1) is 46.3 Å². The van der Waals surface area contributed by atoms with Crippen LogP contribution in [-0.2, 0) is 4.79 Å². The molecule has 4 aliphatic rings. The van der Waals surface area contributed by atoms with Gasteiger partial charge in [-0.3, -0.25) is 4.79 Å². The Hall–Kier alpha value is -0.670. The van der Waals surface area contributed by atoms with E-state index in [1.165, 1.54) is 57.8 Å². The van der Waals surface area contributed by atoms with Crippen LogP contribution in [0.25, 0.3) is 0 Å². The maximum atomic E-state index is 12.3. The van der Waals surface area contributed by atoms with Gasteiger partial charge in [-0.05, 0) is 112 Å². The number of ketones is 1. The second-order valence-electron chi connectivity index (χ2n) is 14.2. The molecule has 0 heterocycles. The Morgan fingerprint density at radius 2 is 1.86 bits per heavy atom. The number of Topliss-reactive ketones (excluding diaryl/α,β-unsaturated/α-hetero) is 1. The first-order valence-electron chi connectivity index (χ1n) is 15.1. The second kappa shape index (κ2) is 11.0. The molecule has 0 saturated heterocycles. The number of aliphatic hydroxyl groups is 1. The number of hydrogen-bond acceptors (Lipinski definition) is 3. The van der Waals surface area contributed by atoms with Crippen molar-refractivity contribution in [3.8, 4) is 0 Å². The number of rotatable bonds is 10. The molecule has 3 saturated carbocycles. The molecule has 3 fully saturated rings. The highest BCUT2D eigenvalue weighted by atomic mass is 16.3. The van der Waals surface area contributed by atoms with Crippen molar-refractivity contribution in [2.24, 2.45) is 46.3 Å². The predicted octanol–water partition coefficient (Wildman–Crippen LogP) is 7.28. The molecule has 0 radical (unpaired) electrons. The smallest absolute Gasteiger partial charge is 0.134 e. The molecule has 0 aromatic rings. The molecule has 0 aliphatic heterocycles. The second-order valence-corrected chi connectivity index (χ2v) is 14.2. The zero-order valence-corrected chi connectivity index (χ0v) is 23.8. The summed E-state index contributed by atoms with van der Waals surface area (Å²) < 4.78 is 0. The van der Waals surface area contributed by atoms with Gasteiger partial charge in [0.05, 0.1) is 6.10 Å². The third kappa shape index (κ3) is 5.62. The van der Waals surface area contributed by atoms with Gasteiger partial charge in [0.25, 0.3) is 0 Å². The third-order valence-corrected chi connectivity index (χ3v) is 11.6. The molecule has 0 aromatic heterocycles. The number of carbonyl (C=O) groups excluding carboxylic acids is 1. The van der Waals surface area contributed by atoms with Crippen LogP contribution in [0.4, 0.5) is 0 Å². The van der Waals surface area contributed by atoms with E-state index in [0.29, 0.717) is 29.0 Å². The standard InChI is InChI=1S/C32H55NO2/c1-22(20-26(35)16-19-33(5)6)8-7-9-23(2)28-12-13-29-27-11-10-24-21-25(34)14-17-31(24,3)30(27)15-18-32(28,29)4/h10,22-23,25,27-30,34H,7-9,11-21H2,1-6H3/t22?,23-,25+,27+,28-,29+,30+,31+,32-/m1/s1. The zero-order valence-electron chi connectivity index (χ0n) is 23.8. The Morgan fingerprint density at radius 3 is 2.60 bits per heavy atom. The SMILES string of the molecule is CC(CCC[C@@H](C)[C@H]1CC[C@H]2[C@@H]3CC=C4C[C@@H](O)CC[C@]4(C)[C@H]3CC[C@]12C)CC(=O)CCN(C)C. The van der Waals surface area contributed by atoms with Crippen LogP contribution in [0.2, 0.25) is 0 Å². The zero-order chi connectivity index (χ0) is 25.4. The van der Waals surface area contributed by atoms with Gasteiger partial charge in [-0.2, -0.15) is 0 Å². The maximum Gasteiger partial charge on any atom is 0.134 e. The summed E-state index contributed by atoms with van der Waals surface area (Å²) in [6.07, 6.45) is 17.8. The number of allylic oxidation sites excluding steroid dienone is 1. The largest absolute Gasteiger partial charge is 0.393 e. The molecule has 4 rings (SSSR count). The van der Waals surface area contributed by atoms with E-state index < -0.39 is 0 Å². The first-order chi connectivity index (χ1) is 16.5. The van der Waals surface area contributed by atoms with E-state index in [2.05, 4.69) is 38.7 Å². The third-order valence-electron chi connectivity index (χ3n) is 11.6. The minimum absolute atomic E-state index is 0.102. The highest BCUT2D eigenvalue weighted by Gasteiger charge is 2.59. The van der Waals surface area contributed by atoms with E-state index in [-0.39, 0.29) is 6.10 Å². The minimum atomic E-state index is -0.102. The van der Waals surface area contributed by atoms with Crippen molar-refractivity contribution in [1.29, 1.82) is 0 Å². The first-order valence-corrected chi connectivity index (χ1v) is 15.1. The lowest BCUT2D eigenvalue weighted by atomic mass is 9.47. The van der Waals surface area contributed by atoms with Crippen molar-refractivity contribution < 1.29 is 9.90 Å². The summed E-state index contributed by atoms with van der Waals surface area (Å²) in [6.45, 7) is 10.9. The Balaban J connectivity index is 1.30. The van der Waals surface area contributed by atoms with Gasteiger partial charge in [-0.25, -0.2) is 0 Å². The molecular formula is C32H55NO2. The summed E-state index contributed by atoms with van der Waals surface area (Å²) in [5.41, 5.74) is 2.47. The lowest BCUT2D eigenvalue weighted by Gasteiger charge is -2.58. The van der Waals surface area contributed by atoms with Crippen molar-refractivity contribution in [3.63, 3.8) is 0 Å². The maximum absolute atomic E-state index is 12.3. The molecule has 200 valence electrons. The fourth-order valence-electron chi connectivity index (χ4n) is 9.55. The summed E-state index contributed by atoms with van der Waals surface area (Å²) in [6, 6.07) is 0. The number of nitrogens with zero attached hydrogens (tertiary/aromatic N) is 1. The minimum Gasteiger partial charge on any atom is -0.393 e. The number of fused-ring (bicyclic) bond motifs is 5. The van der Waals surface area contributed by atoms with E-state index in [0.717, 1.165) is 55.4 Å². The molecule has 1 N–H and O–H groups in total. The Labute approximate surface area is 216 Å². The van der Waals surface area contributed by atoms with Crippen molar-refractivity contribution in [2.75, 3.05) is 20.6 Å². The Kier molecular flexibility index (Phi) is 8.58. The van der Waals surface area contributed by atoms with E-state index in [9.17, 15) is 9.90 Å². The monoisotopic (exact) mass is 485 g/mol. The molecule has 3 heteroatoms. The highest BCUT2D eigenvalue weighted by Crippen LogP contribution is 2.67. The highest BCUT2D eigenvalue weighted by molar-refractivity contribution is 5.78. The quantitative estimate of drug-likeness (QED) is 0.331. The number of aliphatic hydroxyl groups excluding tert-OH is 1. The van der Waals surface area contributed by atoms with Crippen LogP contribution in [0.3, 0.4) is 0 Å². The van der Waals surface area contributed by atoms with Gasteiger partial charge in [-0.1, -0.05) is 58.6 Å². The molecule has 0 amide bonds. The van der Waals surface area contributed by atoms with E-state index >= 15 is 0 Å². The normalized spacial score (nSPS) is 40.5. The molecule has 0 aromatic carbocycles. The summed E-state index contributed by atoms with van der Waals surface area (Å²) in [5.74, 6) is 5.23. The molecular weight excluding hydrogens is 430 g/mol. The predicted molar refractivity (Wildman–Crippen MR) is 146 cm³/mol. The summed E-state index contributed by atoms with van der Waals surface area (Å²) in [7, 11) is 4.09. The first kappa shape index (κ1) is 27.4. The lowest BCUT2D eigenvalue weighted by molar-refractivity contribution is -0.120. The van der Waals surface area contributed by atoms with E-state index in [1.807, 2.05) is 14.1 Å². The average Bonchev–Trinajstić information content (AvgIpc) is 3.15. The molecule has 9 atom stereocenters. The molecule has 0 spiro atoms. The van der Waals surface area contributed by atoms with E-state index in [1.54, 1.807) is 5.57 Å². The van der Waals surface area contributed by atoms with Crippen LogP contribution >= 0.6 is 0 Å². The van der Waals surface area contributed by atoms with Crippen LogP contribution in [0.15, 0.2) is 11.6 Å². The summed E-state index contributed by atoms with van der Waals surface area (Å²) >= 11 is 0. The topological polar surface area (TPSA) is 40.5 Å². The van der Waals surface area contributed by atoms with Crippen molar-refractivity contribution >= 4 is 5.78 Å². The van der Waals surface area contributed by atoms with Crippen LogP contribution in [-0.4, -0.2) is 42.5 Å². The van der Waals surface area contributed by atoms with Gasteiger partial charge in [0.1, 0.15) is 5.78 Å². The fraction of sp³-hybridized carbons (Fsp3) is 0.906. The van der Waals surface area contributed by atoms with Gasteiger partial charge in [0.15, 0.2) is 0 Å². The molecule has 3 nitrogen and oxygen atoms in total. The van der Waals surface area contributed by atoms with Gasteiger partial charge in [-0.15, -0.1) is 0 Å². The summed E-state index contributed by atoms with van der Waals surface area (Å²) in [4.78, 5) is 14.4.